The number of nitrogens with two attached hydrogens (primary N) is 1. The molecular formula is C13H19N5O2. The van der Waals surface area contributed by atoms with Gasteiger partial charge in [-0.05, 0) is 19.4 Å². The van der Waals surface area contributed by atoms with Crippen LogP contribution in [0.1, 0.15) is 23.3 Å². The molecule has 0 saturated carbocycles. The van der Waals surface area contributed by atoms with Crippen molar-refractivity contribution in [2.24, 2.45) is 0 Å². The lowest BCUT2D eigenvalue weighted by atomic mass is 10.2. The molecule has 0 aromatic carbocycles. The Kier molecular flexibility index (Phi) is 3.79. The number of nitrogen functional groups attached to an aromatic ring is 1. The zero-order valence-electron chi connectivity index (χ0n) is 11.3. The van der Waals surface area contributed by atoms with Crippen LogP contribution in [0, 0.1) is 0 Å². The maximum absolute atomic E-state index is 11.9. The molecule has 0 bridgehead atoms. The Balaban J connectivity index is 1.51. The first-order valence-corrected chi connectivity index (χ1v) is 6.94. The molecule has 0 aliphatic carbocycles. The minimum absolute atomic E-state index is 0.0438. The molecule has 3 heterocycles. The third-order valence-corrected chi connectivity index (χ3v) is 3.84. The summed E-state index contributed by atoms with van der Waals surface area (Å²) in [5.41, 5.74) is 5.74. The van der Waals surface area contributed by atoms with Gasteiger partial charge in [-0.2, -0.15) is 0 Å². The molecule has 7 nitrogen and oxygen atoms in total. The van der Waals surface area contributed by atoms with E-state index in [1.807, 2.05) is 0 Å². The molecule has 1 aromatic heterocycles. The van der Waals surface area contributed by atoms with Crippen LogP contribution in [-0.2, 0) is 4.74 Å². The van der Waals surface area contributed by atoms with Crippen molar-refractivity contribution in [3.8, 4) is 0 Å². The summed E-state index contributed by atoms with van der Waals surface area (Å²) in [4.78, 5) is 22.2. The molecular weight excluding hydrogens is 258 g/mol. The summed E-state index contributed by atoms with van der Waals surface area (Å²) in [6, 6.07) is 0.571. The van der Waals surface area contributed by atoms with Crippen molar-refractivity contribution in [3.05, 3.63) is 18.1 Å². The first-order valence-electron chi connectivity index (χ1n) is 6.94. The Morgan fingerprint density at radius 1 is 1.55 bits per heavy atom. The summed E-state index contributed by atoms with van der Waals surface area (Å²) in [5.74, 6) is -0.0246. The van der Waals surface area contributed by atoms with Crippen molar-refractivity contribution >= 4 is 11.7 Å². The SMILES string of the molecule is Nc1cncc(C(=O)NCC2CN3CCCC3CO2)n1. The average molecular weight is 277 g/mol. The Morgan fingerprint density at radius 3 is 3.30 bits per heavy atom. The fourth-order valence-electron chi connectivity index (χ4n) is 2.80. The molecule has 2 atom stereocenters. The number of nitrogens with one attached hydrogen (secondary N) is 1. The number of hydrogen-bond donors (Lipinski definition) is 2. The lowest BCUT2D eigenvalue weighted by molar-refractivity contribution is -0.0462. The molecule has 1 aromatic rings. The Bertz CT molecular complexity index is 495. The summed E-state index contributed by atoms with van der Waals surface area (Å²) >= 11 is 0. The molecule has 2 unspecified atom stereocenters. The molecule has 2 fully saturated rings. The van der Waals surface area contributed by atoms with Gasteiger partial charge < -0.3 is 15.8 Å². The number of hydrogen-bond acceptors (Lipinski definition) is 6. The second kappa shape index (κ2) is 5.72. The van der Waals surface area contributed by atoms with Crippen molar-refractivity contribution in [2.75, 3.05) is 32.0 Å². The smallest absolute Gasteiger partial charge is 0.271 e. The molecule has 0 spiro atoms. The Labute approximate surface area is 117 Å². The maximum Gasteiger partial charge on any atom is 0.271 e. The van der Waals surface area contributed by atoms with Gasteiger partial charge in [0.2, 0.25) is 0 Å². The molecule has 108 valence electrons. The number of morpholine rings is 1. The van der Waals surface area contributed by atoms with Gasteiger partial charge in [-0.1, -0.05) is 0 Å². The van der Waals surface area contributed by atoms with Gasteiger partial charge >= 0.3 is 0 Å². The van der Waals surface area contributed by atoms with E-state index in [1.165, 1.54) is 25.2 Å². The highest BCUT2D eigenvalue weighted by Gasteiger charge is 2.32. The van der Waals surface area contributed by atoms with Gasteiger partial charge in [0, 0.05) is 19.1 Å². The standard InChI is InChI=1S/C13H19N5O2/c14-12-6-15-5-11(17-12)13(19)16-4-10-7-18-3-1-2-9(18)8-20-10/h5-6,9-10H,1-4,7-8H2,(H2,14,17)(H,16,19). The molecule has 3 N–H and O–H groups in total. The molecule has 7 heteroatoms. The monoisotopic (exact) mass is 277 g/mol. The van der Waals surface area contributed by atoms with Crippen LogP contribution in [0.2, 0.25) is 0 Å². The topological polar surface area (TPSA) is 93.4 Å². The zero-order valence-corrected chi connectivity index (χ0v) is 11.3. The normalized spacial score (nSPS) is 26.2. The fraction of sp³-hybridized carbons (Fsp3) is 0.615. The third kappa shape index (κ3) is 2.88. The van der Waals surface area contributed by atoms with Crippen LogP contribution in [0.15, 0.2) is 12.4 Å². The molecule has 2 aliphatic rings. The Morgan fingerprint density at radius 2 is 2.45 bits per heavy atom. The van der Waals surface area contributed by atoms with E-state index in [0.717, 1.165) is 19.7 Å². The van der Waals surface area contributed by atoms with Gasteiger partial charge in [-0.3, -0.25) is 14.7 Å². The largest absolute Gasteiger partial charge is 0.382 e. The predicted molar refractivity (Wildman–Crippen MR) is 73.1 cm³/mol. The number of carbonyl (C=O) groups is 1. The quantitative estimate of drug-likeness (QED) is 0.784. The maximum atomic E-state index is 11.9. The van der Waals surface area contributed by atoms with Gasteiger partial charge in [0.25, 0.3) is 5.91 Å². The molecule has 1 amide bonds. The number of aromatic nitrogens is 2. The summed E-state index contributed by atoms with van der Waals surface area (Å²) < 4.78 is 5.78. The second-order valence-corrected chi connectivity index (χ2v) is 5.29. The van der Waals surface area contributed by atoms with Crippen molar-refractivity contribution in [1.82, 2.24) is 20.2 Å². The summed E-state index contributed by atoms with van der Waals surface area (Å²) in [6.45, 7) is 3.27. The number of amides is 1. The fourth-order valence-corrected chi connectivity index (χ4v) is 2.80. The minimum atomic E-state index is -0.267. The van der Waals surface area contributed by atoms with Gasteiger partial charge in [0.15, 0.2) is 0 Å². The van der Waals surface area contributed by atoms with Gasteiger partial charge in [0.05, 0.1) is 25.1 Å². The van der Waals surface area contributed by atoms with Crippen LogP contribution in [0.25, 0.3) is 0 Å². The van der Waals surface area contributed by atoms with Crippen molar-refractivity contribution in [3.63, 3.8) is 0 Å². The van der Waals surface area contributed by atoms with Crippen molar-refractivity contribution < 1.29 is 9.53 Å². The number of anilines is 1. The third-order valence-electron chi connectivity index (χ3n) is 3.84. The van der Waals surface area contributed by atoms with E-state index in [-0.39, 0.29) is 23.5 Å². The summed E-state index contributed by atoms with van der Waals surface area (Å²) in [7, 11) is 0. The molecule has 2 saturated heterocycles. The molecule has 0 radical (unpaired) electrons. The van der Waals surface area contributed by atoms with Crippen LogP contribution < -0.4 is 11.1 Å². The molecule has 20 heavy (non-hydrogen) atoms. The lowest BCUT2D eigenvalue weighted by Gasteiger charge is -2.35. The number of rotatable bonds is 3. The second-order valence-electron chi connectivity index (χ2n) is 5.29. The van der Waals surface area contributed by atoms with Crippen LogP contribution in [0.4, 0.5) is 5.82 Å². The average Bonchev–Trinajstić information content (AvgIpc) is 2.92. The highest BCUT2D eigenvalue weighted by molar-refractivity contribution is 5.92. The van der Waals surface area contributed by atoms with E-state index in [2.05, 4.69) is 20.2 Å². The highest BCUT2D eigenvalue weighted by Crippen LogP contribution is 2.22. The number of nitrogens with zero attached hydrogens (tertiary/aromatic N) is 3. The van der Waals surface area contributed by atoms with E-state index in [4.69, 9.17) is 10.5 Å². The van der Waals surface area contributed by atoms with Gasteiger partial charge in [0.1, 0.15) is 11.5 Å². The van der Waals surface area contributed by atoms with E-state index in [0.29, 0.717) is 12.6 Å². The number of fused-ring (bicyclic) bond motifs is 1. The van der Waals surface area contributed by atoms with Crippen LogP contribution in [0.5, 0.6) is 0 Å². The Hall–Kier alpha value is -1.73. The van der Waals surface area contributed by atoms with E-state index in [1.54, 1.807) is 0 Å². The first kappa shape index (κ1) is 13.3. The summed E-state index contributed by atoms with van der Waals surface area (Å²) in [6.07, 6.45) is 5.32. The van der Waals surface area contributed by atoms with E-state index in [9.17, 15) is 4.79 Å². The number of carbonyl (C=O) groups excluding carboxylic acids is 1. The number of ether oxygens (including phenoxy) is 1. The van der Waals surface area contributed by atoms with Gasteiger partial charge in [-0.15, -0.1) is 0 Å². The predicted octanol–water partition coefficient (Wildman–Crippen LogP) is -0.348. The van der Waals surface area contributed by atoms with Crippen LogP contribution >= 0.6 is 0 Å². The van der Waals surface area contributed by atoms with E-state index >= 15 is 0 Å². The van der Waals surface area contributed by atoms with Gasteiger partial charge in [-0.25, -0.2) is 4.98 Å². The zero-order chi connectivity index (χ0) is 13.9. The summed E-state index contributed by atoms with van der Waals surface area (Å²) in [5, 5.41) is 2.83. The van der Waals surface area contributed by atoms with E-state index < -0.39 is 0 Å². The first-order chi connectivity index (χ1) is 9.72. The lowest BCUT2D eigenvalue weighted by Crippen LogP contribution is -2.50. The molecule has 2 aliphatic heterocycles. The van der Waals surface area contributed by atoms with Crippen LogP contribution in [-0.4, -0.2) is 59.2 Å². The highest BCUT2D eigenvalue weighted by atomic mass is 16.5. The van der Waals surface area contributed by atoms with Crippen LogP contribution in [0.3, 0.4) is 0 Å². The molecule has 3 rings (SSSR count). The van der Waals surface area contributed by atoms with Crippen molar-refractivity contribution in [2.45, 2.75) is 25.0 Å². The van der Waals surface area contributed by atoms with Crippen molar-refractivity contribution in [1.29, 1.82) is 0 Å². The minimum Gasteiger partial charge on any atom is -0.382 e.